The predicted octanol–water partition coefficient (Wildman–Crippen LogP) is 4.30. The minimum Gasteiger partial charge on any atom is -0.325 e. The van der Waals surface area contributed by atoms with Crippen molar-refractivity contribution in [3.8, 4) is 0 Å². The van der Waals surface area contributed by atoms with Crippen molar-refractivity contribution in [3.63, 3.8) is 0 Å². The summed E-state index contributed by atoms with van der Waals surface area (Å²) in [6.07, 6.45) is 1.66. The molecule has 0 aliphatic carbocycles. The summed E-state index contributed by atoms with van der Waals surface area (Å²) < 4.78 is 1.57. The van der Waals surface area contributed by atoms with Crippen molar-refractivity contribution in [3.05, 3.63) is 63.3 Å². The smallest absolute Gasteiger partial charge is 0.263 e. The molecule has 0 atom stereocenters. The standard InChI is InChI=1S/C20H21N3O2S2/c1-5-8-23-19(25)15-10-14(4)27-18(15)22-20(23)26-11-17(24)21-16-9-12(2)6-7-13(16)3/h5-7,9-10H,1,8,11H2,2-4H3,(H,21,24). The van der Waals surface area contributed by atoms with Gasteiger partial charge in [0.05, 0.1) is 11.1 Å². The van der Waals surface area contributed by atoms with Crippen molar-refractivity contribution in [2.24, 2.45) is 0 Å². The second-order valence-electron chi connectivity index (χ2n) is 6.33. The highest BCUT2D eigenvalue weighted by atomic mass is 32.2. The lowest BCUT2D eigenvalue weighted by atomic mass is 10.1. The molecular weight excluding hydrogens is 378 g/mol. The first-order valence-corrected chi connectivity index (χ1v) is 10.3. The molecule has 0 radical (unpaired) electrons. The van der Waals surface area contributed by atoms with Gasteiger partial charge >= 0.3 is 0 Å². The van der Waals surface area contributed by atoms with Gasteiger partial charge in [0.2, 0.25) is 5.91 Å². The summed E-state index contributed by atoms with van der Waals surface area (Å²) in [6.45, 7) is 9.97. The zero-order chi connectivity index (χ0) is 19.6. The quantitative estimate of drug-likeness (QED) is 0.381. The van der Waals surface area contributed by atoms with Crippen LogP contribution in [-0.4, -0.2) is 21.2 Å². The zero-order valence-corrected chi connectivity index (χ0v) is 17.2. The number of nitrogens with one attached hydrogen (secondary N) is 1. The molecule has 0 saturated heterocycles. The van der Waals surface area contributed by atoms with Crippen LogP contribution in [0, 0.1) is 20.8 Å². The molecule has 0 fully saturated rings. The number of fused-ring (bicyclic) bond motifs is 1. The van der Waals surface area contributed by atoms with E-state index >= 15 is 0 Å². The highest BCUT2D eigenvalue weighted by Crippen LogP contribution is 2.24. The summed E-state index contributed by atoms with van der Waals surface area (Å²) in [5.74, 6) is 0.0443. The number of thiophene rings is 1. The lowest BCUT2D eigenvalue weighted by Gasteiger charge is -2.11. The first kappa shape index (κ1) is 19.4. The lowest BCUT2D eigenvalue weighted by Crippen LogP contribution is -2.23. The second-order valence-corrected chi connectivity index (χ2v) is 8.51. The molecule has 27 heavy (non-hydrogen) atoms. The summed E-state index contributed by atoms with van der Waals surface area (Å²) in [4.78, 5) is 31.5. The highest BCUT2D eigenvalue weighted by molar-refractivity contribution is 7.99. The van der Waals surface area contributed by atoms with Crippen molar-refractivity contribution in [2.75, 3.05) is 11.1 Å². The normalized spacial score (nSPS) is 10.9. The van der Waals surface area contributed by atoms with Crippen molar-refractivity contribution in [1.82, 2.24) is 9.55 Å². The summed E-state index contributed by atoms with van der Waals surface area (Å²) in [7, 11) is 0. The van der Waals surface area contributed by atoms with E-state index in [9.17, 15) is 9.59 Å². The molecule has 140 valence electrons. The highest BCUT2D eigenvalue weighted by Gasteiger charge is 2.15. The van der Waals surface area contributed by atoms with Gasteiger partial charge in [-0.1, -0.05) is 30.0 Å². The Kier molecular flexibility index (Phi) is 5.82. The number of rotatable bonds is 6. The molecule has 1 aromatic carbocycles. The molecule has 1 amide bonds. The third-order valence-electron chi connectivity index (χ3n) is 4.05. The van der Waals surface area contributed by atoms with E-state index in [1.165, 1.54) is 23.1 Å². The number of hydrogen-bond acceptors (Lipinski definition) is 5. The number of hydrogen-bond donors (Lipinski definition) is 1. The molecule has 0 aliphatic heterocycles. The Hall–Kier alpha value is -2.38. The van der Waals surface area contributed by atoms with Crippen molar-refractivity contribution >= 4 is 44.9 Å². The Balaban J connectivity index is 1.82. The minimum absolute atomic E-state index is 0.0957. The molecule has 2 heterocycles. The molecule has 0 spiro atoms. The maximum Gasteiger partial charge on any atom is 0.263 e. The maximum absolute atomic E-state index is 12.7. The average Bonchev–Trinajstić information content (AvgIpc) is 3.00. The average molecular weight is 400 g/mol. The summed E-state index contributed by atoms with van der Waals surface area (Å²) in [5.41, 5.74) is 2.81. The van der Waals surface area contributed by atoms with Gasteiger partial charge in [-0.25, -0.2) is 4.98 Å². The number of benzene rings is 1. The van der Waals surface area contributed by atoms with Crippen molar-refractivity contribution in [1.29, 1.82) is 0 Å². The van der Waals surface area contributed by atoms with Gasteiger partial charge in [-0.15, -0.1) is 17.9 Å². The van der Waals surface area contributed by atoms with E-state index in [1.54, 1.807) is 10.6 Å². The van der Waals surface area contributed by atoms with Crippen LogP contribution in [0.25, 0.3) is 10.2 Å². The number of carbonyl (C=O) groups excluding carboxylic acids is 1. The van der Waals surface area contributed by atoms with Crippen LogP contribution in [0.2, 0.25) is 0 Å². The summed E-state index contributed by atoms with van der Waals surface area (Å²) >= 11 is 2.74. The zero-order valence-electron chi connectivity index (χ0n) is 15.5. The fourth-order valence-electron chi connectivity index (χ4n) is 2.70. The third kappa shape index (κ3) is 4.31. The molecule has 0 unspecified atom stereocenters. The Bertz CT molecular complexity index is 1080. The van der Waals surface area contributed by atoms with E-state index < -0.39 is 0 Å². The van der Waals surface area contributed by atoms with Gasteiger partial charge in [-0.3, -0.25) is 14.2 Å². The number of carbonyl (C=O) groups is 1. The SMILES string of the molecule is C=CCn1c(SCC(=O)Nc2cc(C)ccc2C)nc2sc(C)cc2c1=O. The first-order chi connectivity index (χ1) is 12.9. The Morgan fingerprint density at radius 3 is 2.85 bits per heavy atom. The third-order valence-corrected chi connectivity index (χ3v) is 5.97. The first-order valence-electron chi connectivity index (χ1n) is 8.51. The number of aryl methyl sites for hydroxylation is 3. The van der Waals surface area contributed by atoms with Gasteiger partial charge in [-0.05, 0) is 44.0 Å². The molecule has 3 rings (SSSR count). The maximum atomic E-state index is 12.7. The van der Waals surface area contributed by atoms with E-state index in [1.807, 2.05) is 45.0 Å². The molecule has 0 saturated carbocycles. The number of thioether (sulfide) groups is 1. The van der Waals surface area contributed by atoms with Gasteiger partial charge in [0.25, 0.3) is 5.56 Å². The second kappa shape index (κ2) is 8.10. The molecule has 0 bridgehead atoms. The fourth-order valence-corrected chi connectivity index (χ4v) is 4.43. The monoisotopic (exact) mass is 399 g/mol. The van der Waals surface area contributed by atoms with Gasteiger partial charge in [-0.2, -0.15) is 0 Å². The largest absolute Gasteiger partial charge is 0.325 e. The van der Waals surface area contributed by atoms with Crippen LogP contribution in [0.4, 0.5) is 5.69 Å². The van der Waals surface area contributed by atoms with Gasteiger partial charge in [0, 0.05) is 17.1 Å². The van der Waals surface area contributed by atoms with Crippen LogP contribution in [0.15, 0.2) is 46.9 Å². The molecule has 7 heteroatoms. The van der Waals surface area contributed by atoms with Gasteiger partial charge in [0.1, 0.15) is 4.83 Å². The number of aromatic nitrogens is 2. The van der Waals surface area contributed by atoms with Crippen molar-refractivity contribution < 1.29 is 4.79 Å². The molecular formula is C20H21N3O2S2. The van der Waals surface area contributed by atoms with Crippen LogP contribution < -0.4 is 10.9 Å². The number of amides is 1. The number of allylic oxidation sites excluding steroid dienone is 1. The summed E-state index contributed by atoms with van der Waals surface area (Å²) in [6, 6.07) is 7.80. The van der Waals surface area contributed by atoms with Crippen molar-refractivity contribution in [2.45, 2.75) is 32.5 Å². The Morgan fingerprint density at radius 2 is 2.11 bits per heavy atom. The van der Waals surface area contributed by atoms with Crippen LogP contribution in [0.5, 0.6) is 0 Å². The Labute approximate surface area is 166 Å². The lowest BCUT2D eigenvalue weighted by molar-refractivity contribution is -0.113. The van der Waals surface area contributed by atoms with E-state index in [4.69, 9.17) is 0 Å². The fraction of sp³-hybridized carbons (Fsp3) is 0.250. The van der Waals surface area contributed by atoms with E-state index in [2.05, 4.69) is 16.9 Å². The van der Waals surface area contributed by atoms with E-state index in [0.717, 1.165) is 21.7 Å². The predicted molar refractivity (Wildman–Crippen MR) is 114 cm³/mol. The minimum atomic E-state index is -0.129. The number of anilines is 1. The van der Waals surface area contributed by atoms with Crippen LogP contribution in [0.3, 0.4) is 0 Å². The van der Waals surface area contributed by atoms with E-state index in [-0.39, 0.29) is 17.2 Å². The molecule has 5 nitrogen and oxygen atoms in total. The topological polar surface area (TPSA) is 64.0 Å². The molecule has 2 aromatic heterocycles. The van der Waals surface area contributed by atoms with Crippen LogP contribution >= 0.6 is 23.1 Å². The van der Waals surface area contributed by atoms with Crippen LogP contribution in [0.1, 0.15) is 16.0 Å². The van der Waals surface area contributed by atoms with Crippen LogP contribution in [-0.2, 0) is 11.3 Å². The molecule has 1 N–H and O–H groups in total. The molecule has 0 aliphatic rings. The molecule has 3 aromatic rings. The Morgan fingerprint density at radius 1 is 1.33 bits per heavy atom. The van der Waals surface area contributed by atoms with Gasteiger partial charge in [0.15, 0.2) is 5.16 Å². The number of nitrogens with zero attached hydrogens (tertiary/aromatic N) is 2. The van der Waals surface area contributed by atoms with Gasteiger partial charge < -0.3 is 5.32 Å². The van der Waals surface area contributed by atoms with E-state index in [0.29, 0.717) is 21.9 Å². The summed E-state index contributed by atoms with van der Waals surface area (Å²) in [5, 5.41) is 4.08.